The SMILES string of the molecule is O=C(NC1CCN(C2CC2)CC1)NC1CCN(c2ccc(Cl)c(Cl)c2)C1=O. The second-order valence-corrected chi connectivity index (χ2v) is 8.40. The molecule has 3 fully saturated rings. The lowest BCUT2D eigenvalue weighted by Crippen LogP contribution is -2.51. The molecule has 3 aliphatic rings. The van der Waals surface area contributed by atoms with Gasteiger partial charge in [0.25, 0.3) is 0 Å². The molecule has 6 nitrogen and oxygen atoms in total. The number of amides is 3. The Bertz CT molecular complexity index is 732. The predicted molar refractivity (Wildman–Crippen MR) is 107 cm³/mol. The maximum atomic E-state index is 12.7. The van der Waals surface area contributed by atoms with Crippen LogP contribution in [0.1, 0.15) is 32.1 Å². The van der Waals surface area contributed by atoms with Crippen LogP contribution in [0.15, 0.2) is 18.2 Å². The van der Waals surface area contributed by atoms with Gasteiger partial charge in [-0.2, -0.15) is 0 Å². The summed E-state index contributed by atoms with van der Waals surface area (Å²) in [6, 6.07) is 5.32. The highest BCUT2D eigenvalue weighted by atomic mass is 35.5. The fourth-order valence-corrected chi connectivity index (χ4v) is 4.25. The molecule has 3 amide bonds. The topological polar surface area (TPSA) is 64.7 Å². The zero-order valence-electron chi connectivity index (χ0n) is 15.1. The Labute approximate surface area is 169 Å². The average Bonchev–Trinajstić information content (AvgIpc) is 3.44. The zero-order chi connectivity index (χ0) is 19.0. The quantitative estimate of drug-likeness (QED) is 0.801. The standard InChI is InChI=1S/C19H24Cl2N4O2/c20-15-4-3-14(11-16(15)21)25-10-7-17(18(25)26)23-19(27)22-12-5-8-24(9-6-12)13-1-2-13/h3-4,11-13,17H,1-2,5-10H2,(H2,22,23,27). The van der Waals surface area contributed by atoms with Crippen LogP contribution >= 0.6 is 23.2 Å². The molecule has 8 heteroatoms. The van der Waals surface area contributed by atoms with Gasteiger partial charge in [-0.25, -0.2) is 4.79 Å². The highest BCUT2D eigenvalue weighted by molar-refractivity contribution is 6.42. The number of nitrogens with zero attached hydrogens (tertiary/aromatic N) is 2. The van der Waals surface area contributed by atoms with Crippen LogP contribution in [-0.2, 0) is 4.79 Å². The van der Waals surface area contributed by atoms with Gasteiger partial charge in [0.1, 0.15) is 6.04 Å². The molecule has 1 saturated carbocycles. The van der Waals surface area contributed by atoms with E-state index in [0.29, 0.717) is 28.7 Å². The van der Waals surface area contributed by atoms with Crippen LogP contribution in [0.5, 0.6) is 0 Å². The van der Waals surface area contributed by atoms with Crippen molar-refractivity contribution >= 4 is 40.8 Å². The Morgan fingerprint density at radius 2 is 1.70 bits per heavy atom. The van der Waals surface area contributed by atoms with Crippen LogP contribution in [0.25, 0.3) is 0 Å². The van der Waals surface area contributed by atoms with Crippen LogP contribution in [0.4, 0.5) is 10.5 Å². The van der Waals surface area contributed by atoms with E-state index < -0.39 is 6.04 Å². The average molecular weight is 411 g/mol. The molecule has 2 N–H and O–H groups in total. The van der Waals surface area contributed by atoms with Crippen molar-refractivity contribution < 1.29 is 9.59 Å². The minimum atomic E-state index is -0.508. The third-order valence-electron chi connectivity index (χ3n) is 5.65. The number of anilines is 1. The first-order valence-corrected chi connectivity index (χ1v) is 10.3. The van der Waals surface area contributed by atoms with E-state index in [-0.39, 0.29) is 18.0 Å². The molecule has 1 aromatic rings. The summed E-state index contributed by atoms with van der Waals surface area (Å²) in [5.74, 6) is -0.118. The van der Waals surface area contributed by atoms with Crippen molar-refractivity contribution in [2.24, 2.45) is 0 Å². The Balaban J connectivity index is 1.27. The summed E-state index contributed by atoms with van der Waals surface area (Å²) >= 11 is 12.0. The first-order valence-electron chi connectivity index (χ1n) is 9.59. The van der Waals surface area contributed by atoms with Gasteiger partial charge in [0, 0.05) is 37.4 Å². The molecular formula is C19H24Cl2N4O2. The van der Waals surface area contributed by atoms with Crippen molar-refractivity contribution in [1.29, 1.82) is 0 Å². The molecule has 2 heterocycles. The molecule has 0 spiro atoms. The van der Waals surface area contributed by atoms with Crippen LogP contribution in [0.2, 0.25) is 10.0 Å². The maximum Gasteiger partial charge on any atom is 0.315 e. The first kappa shape index (κ1) is 18.8. The first-order chi connectivity index (χ1) is 13.0. The minimum Gasteiger partial charge on any atom is -0.335 e. The largest absolute Gasteiger partial charge is 0.335 e. The summed E-state index contributed by atoms with van der Waals surface area (Å²) in [5, 5.41) is 6.73. The van der Waals surface area contributed by atoms with Gasteiger partial charge in [0.15, 0.2) is 0 Å². The number of rotatable bonds is 4. The smallest absolute Gasteiger partial charge is 0.315 e. The Hall–Kier alpha value is -1.50. The molecule has 0 radical (unpaired) electrons. The summed E-state index contributed by atoms with van der Waals surface area (Å²) in [4.78, 5) is 29.2. The Morgan fingerprint density at radius 1 is 0.963 bits per heavy atom. The summed E-state index contributed by atoms with van der Waals surface area (Å²) < 4.78 is 0. The third kappa shape index (κ3) is 4.33. The lowest BCUT2D eigenvalue weighted by Gasteiger charge is -2.32. The number of carbonyl (C=O) groups excluding carboxylic acids is 2. The van der Waals surface area contributed by atoms with E-state index >= 15 is 0 Å². The molecule has 0 bridgehead atoms. The van der Waals surface area contributed by atoms with E-state index in [9.17, 15) is 9.59 Å². The number of urea groups is 1. The second kappa shape index (κ2) is 7.86. The molecule has 146 valence electrons. The van der Waals surface area contributed by atoms with E-state index in [2.05, 4.69) is 15.5 Å². The molecule has 0 aromatic heterocycles. The number of carbonyl (C=O) groups is 2. The van der Waals surface area contributed by atoms with Crippen molar-refractivity contribution in [1.82, 2.24) is 15.5 Å². The van der Waals surface area contributed by atoms with E-state index in [1.54, 1.807) is 23.1 Å². The molecular weight excluding hydrogens is 387 g/mol. The normalized spacial score (nSPS) is 24.3. The molecule has 1 unspecified atom stereocenters. The van der Waals surface area contributed by atoms with Crippen molar-refractivity contribution in [2.45, 2.75) is 50.2 Å². The lowest BCUT2D eigenvalue weighted by atomic mass is 10.1. The fourth-order valence-electron chi connectivity index (χ4n) is 3.96. The number of piperidine rings is 1. The zero-order valence-corrected chi connectivity index (χ0v) is 16.6. The van der Waals surface area contributed by atoms with Crippen LogP contribution < -0.4 is 15.5 Å². The van der Waals surface area contributed by atoms with Crippen molar-refractivity contribution in [3.63, 3.8) is 0 Å². The monoisotopic (exact) mass is 410 g/mol. The van der Waals surface area contributed by atoms with Crippen LogP contribution in [-0.4, -0.2) is 54.6 Å². The van der Waals surface area contributed by atoms with Crippen molar-refractivity contribution in [3.05, 3.63) is 28.2 Å². The minimum absolute atomic E-state index is 0.118. The van der Waals surface area contributed by atoms with Crippen LogP contribution in [0.3, 0.4) is 0 Å². The lowest BCUT2D eigenvalue weighted by molar-refractivity contribution is -0.118. The number of likely N-dealkylation sites (tertiary alicyclic amines) is 1. The van der Waals surface area contributed by atoms with Crippen molar-refractivity contribution in [3.8, 4) is 0 Å². The van der Waals surface area contributed by atoms with Gasteiger partial charge in [-0.15, -0.1) is 0 Å². The van der Waals surface area contributed by atoms with Gasteiger partial charge in [0.2, 0.25) is 5.91 Å². The molecule has 27 heavy (non-hydrogen) atoms. The van der Waals surface area contributed by atoms with Gasteiger partial charge in [-0.3, -0.25) is 4.79 Å². The summed E-state index contributed by atoms with van der Waals surface area (Å²) in [6.07, 6.45) is 5.15. The number of benzene rings is 1. The van der Waals surface area contributed by atoms with E-state index in [0.717, 1.165) is 32.0 Å². The summed E-state index contributed by atoms with van der Waals surface area (Å²) in [7, 11) is 0. The summed E-state index contributed by atoms with van der Waals surface area (Å²) in [6.45, 7) is 2.63. The summed E-state index contributed by atoms with van der Waals surface area (Å²) in [5.41, 5.74) is 0.701. The molecule has 1 atom stereocenters. The molecule has 1 aromatic carbocycles. The van der Waals surface area contributed by atoms with E-state index in [1.807, 2.05) is 0 Å². The van der Waals surface area contributed by atoms with Gasteiger partial charge < -0.3 is 20.4 Å². The second-order valence-electron chi connectivity index (χ2n) is 7.59. The van der Waals surface area contributed by atoms with E-state index in [1.165, 1.54) is 12.8 Å². The number of nitrogens with one attached hydrogen (secondary N) is 2. The predicted octanol–water partition coefficient (Wildman–Crippen LogP) is 3.02. The van der Waals surface area contributed by atoms with E-state index in [4.69, 9.17) is 23.2 Å². The molecule has 2 aliphatic heterocycles. The Morgan fingerprint density at radius 3 is 2.37 bits per heavy atom. The van der Waals surface area contributed by atoms with Gasteiger partial charge in [-0.1, -0.05) is 23.2 Å². The highest BCUT2D eigenvalue weighted by Gasteiger charge is 2.35. The number of hydrogen-bond donors (Lipinski definition) is 2. The maximum absolute atomic E-state index is 12.7. The molecule has 1 aliphatic carbocycles. The third-order valence-corrected chi connectivity index (χ3v) is 6.39. The number of hydrogen-bond acceptors (Lipinski definition) is 3. The fraction of sp³-hybridized carbons (Fsp3) is 0.579. The highest BCUT2D eigenvalue weighted by Crippen LogP contribution is 2.30. The van der Waals surface area contributed by atoms with Gasteiger partial charge in [0.05, 0.1) is 10.0 Å². The van der Waals surface area contributed by atoms with Gasteiger partial charge >= 0.3 is 6.03 Å². The van der Waals surface area contributed by atoms with Gasteiger partial charge in [-0.05, 0) is 50.3 Å². The number of halogens is 2. The molecule has 4 rings (SSSR count). The van der Waals surface area contributed by atoms with Crippen LogP contribution in [0, 0.1) is 0 Å². The van der Waals surface area contributed by atoms with Crippen molar-refractivity contribution in [2.75, 3.05) is 24.5 Å². The Kier molecular flexibility index (Phi) is 5.48. The molecule has 2 saturated heterocycles.